The summed E-state index contributed by atoms with van der Waals surface area (Å²) < 4.78 is 20.2. The van der Waals surface area contributed by atoms with Crippen LogP contribution in [-0.2, 0) is 29.0 Å². The smallest absolute Gasteiger partial charge is 0.322 e. The Labute approximate surface area is 195 Å². The Morgan fingerprint density at radius 2 is 2.09 bits per heavy atom. The number of ether oxygens (including phenoxy) is 1. The van der Waals surface area contributed by atoms with Gasteiger partial charge in [-0.1, -0.05) is 11.6 Å². The molecular formula is C22H25ClFN5O4. The molecule has 1 unspecified atom stereocenters. The maximum absolute atomic E-state index is 13.4. The van der Waals surface area contributed by atoms with E-state index in [1.165, 1.54) is 23.1 Å². The lowest BCUT2D eigenvalue weighted by molar-refractivity contribution is -0.155. The second kappa shape index (κ2) is 8.66. The van der Waals surface area contributed by atoms with Gasteiger partial charge in [0.1, 0.15) is 16.9 Å². The normalized spacial score (nSPS) is 20.1. The van der Waals surface area contributed by atoms with Gasteiger partial charge in [0.25, 0.3) is 5.91 Å². The van der Waals surface area contributed by atoms with E-state index < -0.39 is 17.3 Å². The van der Waals surface area contributed by atoms with Gasteiger partial charge in [-0.3, -0.25) is 14.3 Å². The minimum atomic E-state index is -0.945. The highest BCUT2D eigenvalue weighted by Crippen LogP contribution is 2.32. The molecule has 0 fully saturated rings. The zero-order chi connectivity index (χ0) is 23.9. The third kappa shape index (κ3) is 4.27. The van der Waals surface area contributed by atoms with Gasteiger partial charge >= 0.3 is 12.0 Å². The van der Waals surface area contributed by atoms with Crippen LogP contribution in [0.2, 0.25) is 5.02 Å². The average molecular weight is 478 g/mol. The van der Waals surface area contributed by atoms with Crippen LogP contribution in [0.4, 0.5) is 14.9 Å². The molecular weight excluding hydrogens is 453 g/mol. The molecule has 1 aromatic heterocycles. The maximum Gasteiger partial charge on any atom is 0.322 e. The van der Waals surface area contributed by atoms with Gasteiger partial charge in [0.15, 0.2) is 0 Å². The lowest BCUT2D eigenvalue weighted by Crippen LogP contribution is -2.43. The van der Waals surface area contributed by atoms with Crippen LogP contribution in [0.3, 0.4) is 0 Å². The van der Waals surface area contributed by atoms with E-state index in [4.69, 9.17) is 16.3 Å². The summed E-state index contributed by atoms with van der Waals surface area (Å²) in [6.07, 6.45) is 0.458. The lowest BCUT2D eigenvalue weighted by atomic mass is 9.90. The number of nitrogens with zero attached hydrogens (tertiary/aromatic N) is 4. The summed E-state index contributed by atoms with van der Waals surface area (Å²) in [5.74, 6) is -1.22. The monoisotopic (exact) mass is 477 g/mol. The molecule has 0 bridgehead atoms. The van der Waals surface area contributed by atoms with Crippen molar-refractivity contribution in [3.8, 4) is 0 Å². The first-order valence-corrected chi connectivity index (χ1v) is 11.0. The number of amides is 3. The quantitative estimate of drug-likeness (QED) is 0.685. The van der Waals surface area contributed by atoms with Crippen LogP contribution in [0.15, 0.2) is 18.2 Å². The third-order valence-corrected chi connectivity index (χ3v) is 6.25. The Hall–Kier alpha value is -3.14. The summed E-state index contributed by atoms with van der Waals surface area (Å²) in [6.45, 7) is 4.72. The fraction of sp³-hybridized carbons (Fsp3) is 0.455. The van der Waals surface area contributed by atoms with Gasteiger partial charge in [0.05, 0.1) is 30.4 Å². The fourth-order valence-corrected chi connectivity index (χ4v) is 4.50. The van der Waals surface area contributed by atoms with Gasteiger partial charge in [-0.05, 0) is 32.0 Å². The summed E-state index contributed by atoms with van der Waals surface area (Å²) in [5, 5.41) is 7.24. The van der Waals surface area contributed by atoms with E-state index >= 15 is 0 Å². The minimum Gasteiger partial charge on any atom is -0.465 e. The standard InChI is InChI=1S/C22H25ClFN5O4/c1-4-33-20(31)22(2)11-27(3)19(30)18-14-10-28(8-7-17(14)26-29(18)12-22)21(32)25-13-5-6-16(24)15(23)9-13/h5-6,9H,4,7-8,10-12H2,1-3H3,(H,25,32). The molecule has 0 saturated carbocycles. The topological polar surface area (TPSA) is 96.8 Å². The first-order chi connectivity index (χ1) is 15.6. The summed E-state index contributed by atoms with van der Waals surface area (Å²) in [5.41, 5.74) is 1.20. The Morgan fingerprint density at radius 3 is 2.79 bits per heavy atom. The molecule has 4 rings (SSSR count). The number of nitrogens with one attached hydrogen (secondary N) is 1. The molecule has 3 amide bonds. The molecule has 3 heterocycles. The molecule has 0 spiro atoms. The van der Waals surface area contributed by atoms with Gasteiger partial charge < -0.3 is 19.9 Å². The van der Waals surface area contributed by atoms with Crippen molar-refractivity contribution in [3.63, 3.8) is 0 Å². The highest BCUT2D eigenvalue weighted by Gasteiger charge is 2.44. The average Bonchev–Trinajstić information content (AvgIpc) is 3.07. The molecule has 33 heavy (non-hydrogen) atoms. The first-order valence-electron chi connectivity index (χ1n) is 10.6. The number of hydrogen-bond donors (Lipinski definition) is 1. The first kappa shape index (κ1) is 23.0. The number of anilines is 1. The van der Waals surface area contributed by atoms with Crippen molar-refractivity contribution in [2.24, 2.45) is 5.41 Å². The Balaban J connectivity index is 1.59. The second-order valence-corrected chi connectivity index (χ2v) is 9.01. The maximum atomic E-state index is 13.4. The van der Waals surface area contributed by atoms with E-state index in [9.17, 15) is 18.8 Å². The molecule has 2 aromatic rings. The summed E-state index contributed by atoms with van der Waals surface area (Å²) in [4.78, 5) is 41.8. The predicted octanol–water partition coefficient (Wildman–Crippen LogP) is 2.92. The lowest BCUT2D eigenvalue weighted by Gasteiger charge is -2.29. The zero-order valence-corrected chi connectivity index (χ0v) is 19.4. The molecule has 1 aromatic carbocycles. The van der Waals surface area contributed by atoms with Gasteiger partial charge in [-0.25, -0.2) is 9.18 Å². The predicted molar refractivity (Wildman–Crippen MR) is 118 cm³/mol. The van der Waals surface area contributed by atoms with Gasteiger partial charge in [-0.2, -0.15) is 5.10 Å². The largest absolute Gasteiger partial charge is 0.465 e. The molecule has 2 aliphatic rings. The molecule has 9 nitrogen and oxygen atoms in total. The van der Waals surface area contributed by atoms with E-state index in [0.717, 1.165) is 5.69 Å². The van der Waals surface area contributed by atoms with E-state index in [0.29, 0.717) is 29.9 Å². The van der Waals surface area contributed by atoms with Crippen molar-refractivity contribution in [1.29, 1.82) is 0 Å². The molecule has 11 heteroatoms. The van der Waals surface area contributed by atoms with Crippen molar-refractivity contribution in [1.82, 2.24) is 19.6 Å². The van der Waals surface area contributed by atoms with Crippen LogP contribution in [0.1, 0.15) is 35.6 Å². The summed E-state index contributed by atoms with van der Waals surface area (Å²) in [6, 6.07) is 3.55. The molecule has 0 radical (unpaired) electrons. The molecule has 0 aliphatic carbocycles. The molecule has 0 saturated heterocycles. The summed E-state index contributed by atoms with van der Waals surface area (Å²) >= 11 is 5.80. The number of halogens is 2. The van der Waals surface area contributed by atoms with Crippen molar-refractivity contribution in [2.75, 3.05) is 32.1 Å². The van der Waals surface area contributed by atoms with E-state index in [1.807, 2.05) is 0 Å². The number of aromatic nitrogens is 2. The number of esters is 1. The minimum absolute atomic E-state index is 0.0889. The molecule has 176 valence electrons. The van der Waals surface area contributed by atoms with Gasteiger partial charge in [0.2, 0.25) is 0 Å². The van der Waals surface area contributed by atoms with Crippen LogP contribution in [-0.4, -0.2) is 64.2 Å². The SMILES string of the molecule is CCOC(=O)C1(C)CN(C)C(=O)c2c3c(nn2C1)CCN(C(=O)Nc1ccc(F)c(Cl)c1)C3. The Morgan fingerprint density at radius 1 is 1.33 bits per heavy atom. The van der Waals surface area contributed by atoms with Crippen molar-refractivity contribution < 1.29 is 23.5 Å². The fourth-order valence-electron chi connectivity index (χ4n) is 4.32. The number of carbonyl (C=O) groups is 3. The van der Waals surface area contributed by atoms with E-state index in [2.05, 4.69) is 10.4 Å². The number of fused-ring (bicyclic) bond motifs is 3. The van der Waals surface area contributed by atoms with Crippen molar-refractivity contribution >= 4 is 35.2 Å². The molecule has 1 N–H and O–H groups in total. The van der Waals surface area contributed by atoms with E-state index in [-0.39, 0.29) is 43.1 Å². The highest BCUT2D eigenvalue weighted by atomic mass is 35.5. The van der Waals surface area contributed by atoms with Gasteiger partial charge in [-0.15, -0.1) is 0 Å². The number of benzene rings is 1. The van der Waals surface area contributed by atoms with Crippen molar-refractivity contribution in [2.45, 2.75) is 33.4 Å². The number of rotatable bonds is 3. The number of hydrogen-bond acceptors (Lipinski definition) is 5. The Bertz CT molecular complexity index is 1140. The number of urea groups is 1. The van der Waals surface area contributed by atoms with Crippen molar-refractivity contribution in [3.05, 3.63) is 46.0 Å². The van der Waals surface area contributed by atoms with Crippen LogP contribution >= 0.6 is 11.6 Å². The van der Waals surface area contributed by atoms with E-state index in [1.54, 1.807) is 30.5 Å². The van der Waals surface area contributed by atoms with Gasteiger partial charge in [0, 0.05) is 37.8 Å². The zero-order valence-electron chi connectivity index (χ0n) is 18.7. The molecule has 1 atom stereocenters. The third-order valence-electron chi connectivity index (χ3n) is 5.96. The van der Waals surface area contributed by atoms with Crippen LogP contribution in [0.5, 0.6) is 0 Å². The van der Waals surface area contributed by atoms with Crippen LogP contribution in [0, 0.1) is 11.2 Å². The molecule has 2 aliphatic heterocycles. The highest BCUT2D eigenvalue weighted by molar-refractivity contribution is 6.31. The summed E-state index contributed by atoms with van der Waals surface area (Å²) in [7, 11) is 1.64. The van der Waals surface area contributed by atoms with Crippen LogP contribution in [0.25, 0.3) is 0 Å². The Kier molecular flexibility index (Phi) is 6.04. The van der Waals surface area contributed by atoms with Crippen LogP contribution < -0.4 is 5.32 Å². The number of carbonyl (C=O) groups excluding carboxylic acids is 3. The second-order valence-electron chi connectivity index (χ2n) is 8.60.